The van der Waals surface area contributed by atoms with Gasteiger partial charge in [-0.05, 0) is 12.1 Å². The lowest BCUT2D eigenvalue weighted by Gasteiger charge is -2.12. The lowest BCUT2D eigenvalue weighted by Crippen LogP contribution is -2.21. The molecule has 0 saturated heterocycles. The van der Waals surface area contributed by atoms with Crippen LogP contribution in [0.4, 0.5) is 17.6 Å². The average Bonchev–Trinajstić information content (AvgIpc) is 2.27. The minimum atomic E-state index is -4.81. The van der Waals surface area contributed by atoms with Crippen LogP contribution in [0.15, 0.2) is 22.3 Å². The summed E-state index contributed by atoms with van der Waals surface area (Å²) in [6, 6.07) is 1.57. The smallest absolute Gasteiger partial charge is 0.419 e. The van der Waals surface area contributed by atoms with Crippen LogP contribution in [0.3, 0.4) is 0 Å². The Morgan fingerprint density at radius 1 is 1.32 bits per heavy atom. The summed E-state index contributed by atoms with van der Waals surface area (Å²) in [7, 11) is 1.04. The highest BCUT2D eigenvalue weighted by molar-refractivity contribution is 5.85. The number of ether oxygens (including phenoxy) is 1. The van der Waals surface area contributed by atoms with E-state index < -0.39 is 23.3 Å². The van der Waals surface area contributed by atoms with Crippen LogP contribution in [0.5, 0.6) is 5.75 Å². The molecule has 0 aromatic heterocycles. The van der Waals surface area contributed by atoms with Gasteiger partial charge in [-0.1, -0.05) is 0 Å². The first-order valence-corrected chi connectivity index (χ1v) is 4.83. The van der Waals surface area contributed by atoms with Crippen molar-refractivity contribution in [1.29, 1.82) is 0 Å². The molecule has 0 heterocycles. The fraction of sp³-hybridized carbons (Fsp3) is 0.200. The van der Waals surface area contributed by atoms with Gasteiger partial charge in [-0.25, -0.2) is 4.39 Å². The fourth-order valence-corrected chi connectivity index (χ4v) is 1.26. The molecular weight excluding hydrogens is 268 g/mol. The van der Waals surface area contributed by atoms with Crippen LogP contribution < -0.4 is 16.2 Å². The number of hydrogen-bond donors (Lipinski definition) is 2. The van der Waals surface area contributed by atoms with E-state index in [0.29, 0.717) is 6.07 Å². The largest absolute Gasteiger partial charge is 0.493 e. The van der Waals surface area contributed by atoms with Gasteiger partial charge in [0.1, 0.15) is 0 Å². The summed E-state index contributed by atoms with van der Waals surface area (Å²) in [4.78, 5) is 0. The van der Waals surface area contributed by atoms with Gasteiger partial charge in [-0.15, -0.1) is 5.10 Å². The molecule has 0 aliphatic heterocycles. The molecule has 0 amide bonds. The summed E-state index contributed by atoms with van der Waals surface area (Å²) in [5.41, 5.74) is 8.54. The molecule has 104 valence electrons. The van der Waals surface area contributed by atoms with Crippen molar-refractivity contribution < 1.29 is 22.3 Å². The molecule has 1 aromatic carbocycles. The van der Waals surface area contributed by atoms with Crippen molar-refractivity contribution in [3.8, 4) is 5.75 Å². The molecule has 0 bridgehead atoms. The zero-order valence-electron chi connectivity index (χ0n) is 9.70. The maximum Gasteiger partial charge on any atom is 0.419 e. The van der Waals surface area contributed by atoms with Gasteiger partial charge in [-0.3, -0.25) is 0 Å². The number of alkyl halides is 3. The van der Waals surface area contributed by atoms with E-state index in [0.717, 1.165) is 19.4 Å². The van der Waals surface area contributed by atoms with E-state index in [2.05, 4.69) is 14.9 Å². The Bertz CT molecular complexity index is 521. The molecule has 0 radical (unpaired) electrons. The van der Waals surface area contributed by atoms with Gasteiger partial charge in [0.05, 0.1) is 18.9 Å². The number of nitrogens with two attached hydrogens (primary N) is 2. The second-order valence-corrected chi connectivity index (χ2v) is 3.32. The van der Waals surface area contributed by atoms with Crippen molar-refractivity contribution in [3.63, 3.8) is 0 Å². The second-order valence-electron chi connectivity index (χ2n) is 3.32. The zero-order chi connectivity index (χ0) is 14.6. The van der Waals surface area contributed by atoms with Gasteiger partial charge in [-0.2, -0.15) is 18.3 Å². The summed E-state index contributed by atoms with van der Waals surface area (Å²) in [6.07, 6.45) is -3.84. The number of guanidine groups is 1. The molecule has 0 aliphatic carbocycles. The first-order chi connectivity index (χ1) is 8.77. The molecule has 0 fully saturated rings. The van der Waals surface area contributed by atoms with E-state index in [4.69, 9.17) is 11.5 Å². The van der Waals surface area contributed by atoms with Gasteiger partial charge < -0.3 is 16.2 Å². The number of nitrogens with zero attached hydrogens (tertiary/aromatic N) is 2. The minimum Gasteiger partial charge on any atom is -0.493 e. The van der Waals surface area contributed by atoms with E-state index in [9.17, 15) is 17.6 Å². The highest BCUT2D eigenvalue weighted by Gasteiger charge is 2.35. The Kier molecular flexibility index (Phi) is 4.30. The van der Waals surface area contributed by atoms with Crippen molar-refractivity contribution >= 4 is 12.2 Å². The summed E-state index contributed by atoms with van der Waals surface area (Å²) >= 11 is 0. The van der Waals surface area contributed by atoms with Crippen molar-refractivity contribution in [2.45, 2.75) is 6.18 Å². The Hall–Kier alpha value is -2.32. The van der Waals surface area contributed by atoms with Gasteiger partial charge in [0.25, 0.3) is 0 Å². The van der Waals surface area contributed by atoms with Crippen molar-refractivity contribution in [3.05, 3.63) is 29.1 Å². The van der Waals surface area contributed by atoms with E-state index in [1.807, 2.05) is 0 Å². The lowest BCUT2D eigenvalue weighted by molar-refractivity contribution is -0.140. The first kappa shape index (κ1) is 14.7. The molecule has 19 heavy (non-hydrogen) atoms. The van der Waals surface area contributed by atoms with Crippen LogP contribution in [-0.4, -0.2) is 19.3 Å². The van der Waals surface area contributed by atoms with Crippen molar-refractivity contribution in [1.82, 2.24) is 0 Å². The maximum absolute atomic E-state index is 13.6. The third kappa shape index (κ3) is 3.57. The Morgan fingerprint density at radius 2 is 1.95 bits per heavy atom. The maximum atomic E-state index is 13.6. The normalized spacial score (nSPS) is 11.6. The van der Waals surface area contributed by atoms with E-state index in [-0.39, 0.29) is 11.5 Å². The first-order valence-electron chi connectivity index (χ1n) is 4.83. The number of methoxy groups -OCH3 is 1. The van der Waals surface area contributed by atoms with E-state index in [1.54, 1.807) is 0 Å². The molecule has 0 aliphatic rings. The lowest BCUT2D eigenvalue weighted by atomic mass is 10.1. The van der Waals surface area contributed by atoms with Gasteiger partial charge in [0.2, 0.25) is 5.96 Å². The molecular formula is C10H10F4N4O. The van der Waals surface area contributed by atoms with Gasteiger partial charge in [0.15, 0.2) is 11.6 Å². The quantitative estimate of drug-likeness (QED) is 0.380. The average molecular weight is 278 g/mol. The number of benzene rings is 1. The Labute approximate surface area is 105 Å². The van der Waals surface area contributed by atoms with Gasteiger partial charge >= 0.3 is 6.18 Å². The Morgan fingerprint density at radius 3 is 2.42 bits per heavy atom. The van der Waals surface area contributed by atoms with Crippen molar-refractivity contribution in [2.24, 2.45) is 21.7 Å². The van der Waals surface area contributed by atoms with Crippen LogP contribution in [0.25, 0.3) is 0 Å². The molecule has 1 rings (SSSR count). The molecule has 4 N–H and O–H groups in total. The molecule has 0 atom stereocenters. The molecule has 0 saturated carbocycles. The number of rotatable bonds is 3. The topological polar surface area (TPSA) is 86.0 Å². The highest BCUT2D eigenvalue weighted by Crippen LogP contribution is 2.36. The summed E-state index contributed by atoms with van der Waals surface area (Å²) in [5, 5.41) is 6.61. The third-order valence-corrected chi connectivity index (χ3v) is 2.01. The zero-order valence-corrected chi connectivity index (χ0v) is 9.70. The summed E-state index contributed by atoms with van der Waals surface area (Å²) in [5.74, 6) is -2.46. The van der Waals surface area contributed by atoms with Crippen LogP contribution in [0.1, 0.15) is 11.1 Å². The predicted octanol–water partition coefficient (Wildman–Crippen LogP) is 1.46. The van der Waals surface area contributed by atoms with Crippen LogP contribution in [0, 0.1) is 5.82 Å². The molecule has 1 aromatic rings. The van der Waals surface area contributed by atoms with Crippen LogP contribution in [0.2, 0.25) is 0 Å². The second kappa shape index (κ2) is 5.55. The highest BCUT2D eigenvalue weighted by atomic mass is 19.4. The summed E-state index contributed by atoms with van der Waals surface area (Å²) in [6.45, 7) is 0. The van der Waals surface area contributed by atoms with E-state index in [1.165, 1.54) is 0 Å². The summed E-state index contributed by atoms with van der Waals surface area (Å²) < 4.78 is 55.6. The molecule has 0 spiro atoms. The predicted molar refractivity (Wildman–Crippen MR) is 61.4 cm³/mol. The van der Waals surface area contributed by atoms with E-state index >= 15 is 0 Å². The standard InChI is InChI=1S/C10H10F4N4O/c1-19-8-5(4-17-18-9(15)16)2-3-6(7(8)11)10(12,13)14/h2-4H,1H3,(H4,15,16,18). The molecule has 0 unspecified atom stereocenters. The monoisotopic (exact) mass is 278 g/mol. The molecule has 9 heteroatoms. The van der Waals surface area contributed by atoms with Crippen LogP contribution in [-0.2, 0) is 6.18 Å². The number of hydrogen-bond acceptors (Lipinski definition) is 3. The fourth-order valence-electron chi connectivity index (χ4n) is 1.26. The third-order valence-electron chi connectivity index (χ3n) is 2.01. The SMILES string of the molecule is COc1c(C=NN=C(N)N)ccc(C(F)(F)F)c1F. The minimum absolute atomic E-state index is 0.0296. The van der Waals surface area contributed by atoms with Gasteiger partial charge in [0, 0.05) is 5.56 Å². The Balaban J connectivity index is 3.27. The van der Waals surface area contributed by atoms with Crippen LogP contribution >= 0.6 is 0 Å². The van der Waals surface area contributed by atoms with Crippen molar-refractivity contribution in [2.75, 3.05) is 7.11 Å². The number of halogens is 4. The molecule has 5 nitrogen and oxygen atoms in total.